The van der Waals surface area contributed by atoms with Crippen LogP contribution in [-0.4, -0.2) is 19.1 Å². The lowest BCUT2D eigenvalue weighted by molar-refractivity contribution is -0.216. The zero-order valence-electron chi connectivity index (χ0n) is 13.7. The van der Waals surface area contributed by atoms with E-state index in [-0.39, 0.29) is 30.7 Å². The quantitative estimate of drug-likeness (QED) is 0.493. The topological polar surface area (TPSA) is 87.7 Å². The van der Waals surface area contributed by atoms with Gasteiger partial charge in [0.1, 0.15) is 5.75 Å². The second-order valence-electron chi connectivity index (χ2n) is 5.25. The summed E-state index contributed by atoms with van der Waals surface area (Å²) < 4.78 is 21.2. The summed E-state index contributed by atoms with van der Waals surface area (Å²) >= 11 is 0. The fourth-order valence-corrected chi connectivity index (χ4v) is 2.96. The molecule has 0 fully saturated rings. The highest BCUT2D eigenvalue weighted by atomic mass is 31.2. The number of benzene rings is 1. The average Bonchev–Trinajstić information content (AvgIpc) is 2.51. The molecule has 0 radical (unpaired) electrons. The van der Waals surface area contributed by atoms with E-state index >= 15 is 0 Å². The van der Waals surface area contributed by atoms with Crippen LogP contribution in [0.25, 0.3) is 0 Å². The third-order valence-corrected chi connectivity index (χ3v) is 4.19. The molecular weight excluding hydrogens is 317 g/mol. The van der Waals surface area contributed by atoms with Crippen molar-refractivity contribution in [1.82, 2.24) is 5.32 Å². The molecule has 1 aromatic rings. The second-order valence-corrected chi connectivity index (χ2v) is 6.59. The third kappa shape index (κ3) is 8.16. The maximum Gasteiger partial charge on any atom is 0.319 e. The summed E-state index contributed by atoms with van der Waals surface area (Å²) in [4.78, 5) is 23.6. The Labute approximate surface area is 137 Å². The van der Waals surface area contributed by atoms with Gasteiger partial charge in [0.15, 0.2) is 0 Å². The van der Waals surface area contributed by atoms with Crippen molar-refractivity contribution in [3.8, 4) is 5.75 Å². The van der Waals surface area contributed by atoms with Crippen LogP contribution in [0.15, 0.2) is 30.3 Å². The van der Waals surface area contributed by atoms with E-state index < -0.39 is 7.82 Å². The van der Waals surface area contributed by atoms with Gasteiger partial charge in [-0.1, -0.05) is 44.9 Å². The summed E-state index contributed by atoms with van der Waals surface area (Å²) in [5.74, 6) is 0.118. The van der Waals surface area contributed by atoms with E-state index in [0.717, 1.165) is 25.7 Å². The molecule has 6 nitrogen and oxygen atoms in total. The molecule has 0 aromatic heterocycles. The molecule has 0 saturated carbocycles. The van der Waals surface area contributed by atoms with Crippen molar-refractivity contribution in [2.75, 3.05) is 13.2 Å². The zero-order valence-corrected chi connectivity index (χ0v) is 14.6. The Morgan fingerprint density at radius 2 is 1.83 bits per heavy atom. The fourth-order valence-electron chi connectivity index (χ4n) is 2.22. The molecule has 23 heavy (non-hydrogen) atoms. The van der Waals surface area contributed by atoms with Gasteiger partial charge in [0.25, 0.3) is 0 Å². The second kappa shape index (κ2) is 10.4. The van der Waals surface area contributed by atoms with E-state index in [4.69, 9.17) is 9.05 Å². The molecule has 0 aliphatic heterocycles. The number of phosphoric acid groups is 1. The van der Waals surface area contributed by atoms with Crippen LogP contribution < -0.4 is 14.7 Å². The number of carbonyl (C=O) groups is 1. The van der Waals surface area contributed by atoms with Gasteiger partial charge in [-0.2, -0.15) is 0 Å². The largest absolute Gasteiger partial charge is 0.746 e. The van der Waals surface area contributed by atoms with Crippen molar-refractivity contribution in [2.45, 2.75) is 39.5 Å². The summed E-state index contributed by atoms with van der Waals surface area (Å²) in [5, 5.41) is 2.71. The SMILES string of the molecule is CCCC(CCC)C(=O)NCCOP(=O)([O-])Oc1ccccc1. The van der Waals surface area contributed by atoms with Gasteiger partial charge in [0.05, 0.1) is 6.61 Å². The van der Waals surface area contributed by atoms with Crippen molar-refractivity contribution in [3.05, 3.63) is 30.3 Å². The molecule has 0 bridgehead atoms. The van der Waals surface area contributed by atoms with Crippen LogP contribution in [0.4, 0.5) is 0 Å². The lowest BCUT2D eigenvalue weighted by atomic mass is 9.97. The summed E-state index contributed by atoms with van der Waals surface area (Å²) in [6.45, 7) is 4.05. The first kappa shape index (κ1) is 19.7. The van der Waals surface area contributed by atoms with Crippen LogP contribution >= 0.6 is 7.82 Å². The van der Waals surface area contributed by atoms with Crippen LogP contribution in [0.2, 0.25) is 0 Å². The van der Waals surface area contributed by atoms with Gasteiger partial charge in [-0.05, 0) is 25.0 Å². The van der Waals surface area contributed by atoms with Crippen molar-refractivity contribution >= 4 is 13.7 Å². The molecule has 1 N–H and O–H groups in total. The highest BCUT2D eigenvalue weighted by Crippen LogP contribution is 2.38. The first-order valence-electron chi connectivity index (χ1n) is 7.96. The number of para-hydroxylation sites is 1. The van der Waals surface area contributed by atoms with Crippen LogP contribution in [0.3, 0.4) is 0 Å². The Kier molecular flexibility index (Phi) is 8.92. The average molecular weight is 342 g/mol. The Hall–Kier alpha value is -1.36. The van der Waals surface area contributed by atoms with Crippen LogP contribution in [0.1, 0.15) is 39.5 Å². The molecule has 1 rings (SSSR count). The molecule has 0 spiro atoms. The molecule has 1 unspecified atom stereocenters. The molecule has 1 amide bonds. The molecule has 0 saturated heterocycles. The Bertz CT molecular complexity index is 502. The van der Waals surface area contributed by atoms with Gasteiger partial charge in [0, 0.05) is 12.5 Å². The van der Waals surface area contributed by atoms with Gasteiger partial charge in [-0.25, -0.2) is 0 Å². The van der Waals surface area contributed by atoms with E-state index in [9.17, 15) is 14.3 Å². The minimum atomic E-state index is -4.42. The highest BCUT2D eigenvalue weighted by Gasteiger charge is 2.16. The number of hydrogen-bond donors (Lipinski definition) is 1. The van der Waals surface area contributed by atoms with E-state index in [0.29, 0.717) is 0 Å². The van der Waals surface area contributed by atoms with E-state index in [1.807, 2.05) is 13.8 Å². The monoisotopic (exact) mass is 342 g/mol. The highest BCUT2D eigenvalue weighted by molar-refractivity contribution is 7.46. The number of nitrogens with one attached hydrogen (secondary N) is 1. The summed E-state index contributed by atoms with van der Waals surface area (Å²) in [6.07, 6.45) is 3.54. The van der Waals surface area contributed by atoms with Crippen molar-refractivity contribution in [3.63, 3.8) is 0 Å². The maximum atomic E-state index is 12.0. The minimum Gasteiger partial charge on any atom is -0.746 e. The van der Waals surface area contributed by atoms with Crippen molar-refractivity contribution in [1.29, 1.82) is 0 Å². The third-order valence-electron chi connectivity index (χ3n) is 3.26. The van der Waals surface area contributed by atoms with Gasteiger partial charge in [-0.15, -0.1) is 0 Å². The van der Waals surface area contributed by atoms with Crippen molar-refractivity contribution < 1.29 is 23.3 Å². The molecule has 0 aliphatic rings. The first-order chi connectivity index (χ1) is 11.0. The molecule has 1 atom stereocenters. The fraction of sp³-hybridized carbons (Fsp3) is 0.562. The maximum absolute atomic E-state index is 12.0. The summed E-state index contributed by atoms with van der Waals surface area (Å²) in [7, 11) is -4.42. The summed E-state index contributed by atoms with van der Waals surface area (Å²) in [6, 6.07) is 8.13. The predicted molar refractivity (Wildman–Crippen MR) is 86.9 cm³/mol. The lowest BCUT2D eigenvalue weighted by Gasteiger charge is -2.23. The van der Waals surface area contributed by atoms with Crippen LogP contribution in [-0.2, 0) is 13.9 Å². The molecule has 130 valence electrons. The van der Waals surface area contributed by atoms with E-state index in [2.05, 4.69) is 5.32 Å². The standard InChI is InChI=1S/C16H26NO5P/c1-3-8-14(9-4-2)16(18)17-12-13-21-23(19,20)22-15-10-6-5-7-11-15/h5-7,10-11,14H,3-4,8-9,12-13H2,1-2H3,(H,17,18)(H,19,20)/p-1. The molecule has 0 aliphatic carbocycles. The Morgan fingerprint density at radius 3 is 2.39 bits per heavy atom. The van der Waals surface area contributed by atoms with Gasteiger partial charge < -0.3 is 19.3 Å². The smallest absolute Gasteiger partial charge is 0.319 e. The Balaban J connectivity index is 2.32. The first-order valence-corrected chi connectivity index (χ1v) is 9.42. The van der Waals surface area contributed by atoms with Gasteiger partial charge in [-0.3, -0.25) is 9.36 Å². The van der Waals surface area contributed by atoms with Crippen LogP contribution in [0, 0.1) is 5.92 Å². The molecule has 0 heterocycles. The van der Waals surface area contributed by atoms with Crippen molar-refractivity contribution in [2.24, 2.45) is 5.92 Å². The lowest BCUT2D eigenvalue weighted by Crippen LogP contribution is -2.33. The number of phosphoric ester groups is 1. The van der Waals surface area contributed by atoms with Gasteiger partial charge >= 0.3 is 7.82 Å². The number of carbonyl (C=O) groups excluding carboxylic acids is 1. The minimum absolute atomic E-state index is 0.0235. The Morgan fingerprint density at radius 1 is 1.22 bits per heavy atom. The number of amides is 1. The normalized spacial score (nSPS) is 13.6. The molecule has 7 heteroatoms. The summed E-state index contributed by atoms with van der Waals surface area (Å²) in [5.41, 5.74) is 0. The predicted octanol–water partition coefficient (Wildman–Crippen LogP) is 2.88. The van der Waals surface area contributed by atoms with Crippen LogP contribution in [0.5, 0.6) is 5.75 Å². The molecule has 1 aromatic carbocycles. The number of hydrogen-bond acceptors (Lipinski definition) is 5. The van der Waals surface area contributed by atoms with E-state index in [1.54, 1.807) is 18.2 Å². The zero-order chi connectivity index (χ0) is 17.1. The van der Waals surface area contributed by atoms with E-state index in [1.165, 1.54) is 12.1 Å². The van der Waals surface area contributed by atoms with Gasteiger partial charge in [0.2, 0.25) is 5.91 Å². The molecular formula is C16H25NO5P-. The number of rotatable bonds is 11.